The Kier molecular flexibility index (Phi) is 2.79. The Labute approximate surface area is 82.7 Å². The van der Waals surface area contributed by atoms with Gasteiger partial charge in [-0.1, -0.05) is 5.21 Å². The summed E-state index contributed by atoms with van der Waals surface area (Å²) in [5.41, 5.74) is 0.825. The lowest BCUT2D eigenvalue weighted by Crippen LogP contribution is -2.25. The Balaban J connectivity index is 2.14. The Morgan fingerprint density at radius 3 is 3.21 bits per heavy atom. The number of hydrogen-bond donors (Lipinski definition) is 1. The van der Waals surface area contributed by atoms with Gasteiger partial charge in [-0.3, -0.25) is 4.68 Å². The average Bonchev–Trinajstić information content (AvgIpc) is 2.65. The van der Waals surface area contributed by atoms with Gasteiger partial charge in [0.05, 0.1) is 6.20 Å². The molecule has 0 bridgehead atoms. The molecule has 0 aromatic carbocycles. The van der Waals surface area contributed by atoms with E-state index in [4.69, 9.17) is 4.74 Å². The van der Waals surface area contributed by atoms with Crippen LogP contribution in [0.25, 0.3) is 0 Å². The van der Waals surface area contributed by atoms with E-state index in [2.05, 4.69) is 10.3 Å². The molecule has 1 aliphatic rings. The van der Waals surface area contributed by atoms with Gasteiger partial charge in [-0.2, -0.15) is 0 Å². The van der Waals surface area contributed by atoms with E-state index in [1.54, 1.807) is 4.68 Å². The third-order valence-electron chi connectivity index (χ3n) is 2.59. The molecule has 0 amide bonds. The van der Waals surface area contributed by atoms with Crippen molar-refractivity contribution < 1.29 is 9.84 Å². The molecule has 78 valence electrons. The zero-order chi connectivity index (χ0) is 9.97. The minimum atomic E-state index is -0.0811. The monoisotopic (exact) mass is 197 g/mol. The molecule has 1 aliphatic heterocycles. The van der Waals surface area contributed by atoms with Crippen molar-refractivity contribution in [3.8, 4) is 0 Å². The minimum Gasteiger partial charge on any atom is -0.396 e. The quantitative estimate of drug-likeness (QED) is 0.739. The SMILES string of the molecule is Cn1cc(C2OCCCC2CO)nn1. The lowest BCUT2D eigenvalue weighted by atomic mass is 9.93. The molecule has 1 aromatic heterocycles. The minimum absolute atomic E-state index is 0.0811. The Morgan fingerprint density at radius 2 is 2.57 bits per heavy atom. The molecule has 1 aromatic rings. The molecule has 1 saturated heterocycles. The summed E-state index contributed by atoms with van der Waals surface area (Å²) in [6, 6.07) is 0. The van der Waals surface area contributed by atoms with Crippen molar-refractivity contribution in [2.75, 3.05) is 13.2 Å². The molecule has 2 rings (SSSR count). The van der Waals surface area contributed by atoms with Crippen LogP contribution >= 0.6 is 0 Å². The van der Waals surface area contributed by atoms with Gasteiger partial charge < -0.3 is 9.84 Å². The van der Waals surface area contributed by atoms with Gasteiger partial charge in [0, 0.05) is 26.2 Å². The van der Waals surface area contributed by atoms with Crippen molar-refractivity contribution in [2.24, 2.45) is 13.0 Å². The molecule has 1 N–H and O–H groups in total. The highest BCUT2D eigenvalue weighted by Gasteiger charge is 2.28. The van der Waals surface area contributed by atoms with Gasteiger partial charge in [-0.15, -0.1) is 5.10 Å². The van der Waals surface area contributed by atoms with Gasteiger partial charge in [0.15, 0.2) is 0 Å². The van der Waals surface area contributed by atoms with Gasteiger partial charge in [0.2, 0.25) is 0 Å². The van der Waals surface area contributed by atoms with E-state index >= 15 is 0 Å². The maximum Gasteiger partial charge on any atom is 0.112 e. The van der Waals surface area contributed by atoms with Crippen molar-refractivity contribution in [2.45, 2.75) is 18.9 Å². The topological polar surface area (TPSA) is 60.2 Å². The summed E-state index contributed by atoms with van der Waals surface area (Å²) in [4.78, 5) is 0. The summed E-state index contributed by atoms with van der Waals surface area (Å²) < 4.78 is 7.26. The molecule has 2 atom stereocenters. The number of aryl methyl sites for hydroxylation is 1. The lowest BCUT2D eigenvalue weighted by molar-refractivity contribution is -0.0480. The van der Waals surface area contributed by atoms with Gasteiger partial charge in [-0.25, -0.2) is 0 Å². The van der Waals surface area contributed by atoms with Crippen LogP contribution in [0.4, 0.5) is 0 Å². The molecule has 2 heterocycles. The highest BCUT2D eigenvalue weighted by Crippen LogP contribution is 2.31. The third-order valence-corrected chi connectivity index (χ3v) is 2.59. The zero-order valence-electron chi connectivity index (χ0n) is 8.26. The van der Waals surface area contributed by atoms with Crippen molar-refractivity contribution in [1.29, 1.82) is 0 Å². The van der Waals surface area contributed by atoms with E-state index in [1.165, 1.54) is 0 Å². The third kappa shape index (κ3) is 1.78. The molecular formula is C9H15N3O2. The van der Waals surface area contributed by atoms with E-state index in [9.17, 15) is 5.11 Å². The second kappa shape index (κ2) is 4.06. The fourth-order valence-corrected chi connectivity index (χ4v) is 1.85. The van der Waals surface area contributed by atoms with E-state index in [0.717, 1.165) is 25.1 Å². The molecule has 0 saturated carbocycles. The molecule has 0 aliphatic carbocycles. The predicted octanol–water partition coefficient (Wildman–Crippen LogP) is 0.275. The standard InChI is InChI=1S/C9H15N3O2/c1-12-5-8(10-11-12)9-7(6-13)3-2-4-14-9/h5,7,9,13H,2-4,6H2,1H3. The van der Waals surface area contributed by atoms with Crippen LogP contribution in [0, 0.1) is 5.92 Å². The Morgan fingerprint density at radius 1 is 1.71 bits per heavy atom. The molecule has 14 heavy (non-hydrogen) atoms. The number of hydrogen-bond acceptors (Lipinski definition) is 4. The van der Waals surface area contributed by atoms with Crippen LogP contribution < -0.4 is 0 Å². The maximum absolute atomic E-state index is 9.19. The molecule has 5 nitrogen and oxygen atoms in total. The van der Waals surface area contributed by atoms with E-state index < -0.39 is 0 Å². The van der Waals surface area contributed by atoms with Crippen molar-refractivity contribution in [1.82, 2.24) is 15.0 Å². The highest BCUT2D eigenvalue weighted by molar-refractivity contribution is 5.01. The zero-order valence-corrected chi connectivity index (χ0v) is 8.26. The number of aromatic nitrogens is 3. The van der Waals surface area contributed by atoms with Crippen LogP contribution in [0.5, 0.6) is 0 Å². The first-order chi connectivity index (χ1) is 6.81. The summed E-state index contributed by atoms with van der Waals surface area (Å²) >= 11 is 0. The number of rotatable bonds is 2. The second-order valence-corrected chi connectivity index (χ2v) is 3.69. The van der Waals surface area contributed by atoms with Crippen LogP contribution in [-0.2, 0) is 11.8 Å². The first kappa shape index (κ1) is 9.61. The van der Waals surface area contributed by atoms with Crippen molar-refractivity contribution in [3.05, 3.63) is 11.9 Å². The number of aliphatic hydroxyl groups excluding tert-OH is 1. The largest absolute Gasteiger partial charge is 0.396 e. The molecule has 5 heteroatoms. The van der Waals surface area contributed by atoms with Gasteiger partial charge in [0.1, 0.15) is 11.8 Å². The Bertz CT molecular complexity index is 300. The summed E-state index contributed by atoms with van der Waals surface area (Å²) in [7, 11) is 1.83. The lowest BCUT2D eigenvalue weighted by Gasteiger charge is -2.28. The van der Waals surface area contributed by atoms with Crippen LogP contribution in [0.1, 0.15) is 24.6 Å². The van der Waals surface area contributed by atoms with Gasteiger partial charge in [0.25, 0.3) is 0 Å². The Hall–Kier alpha value is -0.940. The van der Waals surface area contributed by atoms with Crippen molar-refractivity contribution in [3.63, 3.8) is 0 Å². The normalized spacial score (nSPS) is 27.9. The first-order valence-electron chi connectivity index (χ1n) is 4.90. The maximum atomic E-state index is 9.19. The van der Waals surface area contributed by atoms with Gasteiger partial charge >= 0.3 is 0 Å². The molecule has 0 radical (unpaired) electrons. The van der Waals surface area contributed by atoms with Crippen LogP contribution in [0.2, 0.25) is 0 Å². The average molecular weight is 197 g/mol. The van der Waals surface area contributed by atoms with E-state index in [1.807, 2.05) is 13.2 Å². The molecule has 1 fully saturated rings. The van der Waals surface area contributed by atoms with Gasteiger partial charge in [-0.05, 0) is 12.8 Å². The number of aliphatic hydroxyl groups is 1. The summed E-state index contributed by atoms with van der Waals surface area (Å²) in [5.74, 6) is 0.167. The molecular weight excluding hydrogens is 182 g/mol. The fourth-order valence-electron chi connectivity index (χ4n) is 1.85. The summed E-state index contributed by atoms with van der Waals surface area (Å²) in [5, 5.41) is 17.1. The van der Waals surface area contributed by atoms with Crippen molar-refractivity contribution >= 4 is 0 Å². The first-order valence-corrected chi connectivity index (χ1v) is 4.90. The number of nitrogens with zero attached hydrogens (tertiary/aromatic N) is 3. The second-order valence-electron chi connectivity index (χ2n) is 3.69. The van der Waals surface area contributed by atoms with Crippen LogP contribution in [-0.4, -0.2) is 33.3 Å². The number of ether oxygens (including phenoxy) is 1. The van der Waals surface area contributed by atoms with Crippen LogP contribution in [0.15, 0.2) is 6.20 Å². The smallest absolute Gasteiger partial charge is 0.112 e. The van der Waals surface area contributed by atoms with E-state index in [-0.39, 0.29) is 18.6 Å². The fraction of sp³-hybridized carbons (Fsp3) is 0.778. The summed E-state index contributed by atoms with van der Waals surface area (Å²) in [6.45, 7) is 0.902. The molecule has 2 unspecified atom stereocenters. The van der Waals surface area contributed by atoms with E-state index in [0.29, 0.717) is 0 Å². The van der Waals surface area contributed by atoms with Crippen LogP contribution in [0.3, 0.4) is 0 Å². The molecule has 0 spiro atoms. The highest BCUT2D eigenvalue weighted by atomic mass is 16.5. The summed E-state index contributed by atoms with van der Waals surface area (Å²) in [6.07, 6.45) is 3.78. The predicted molar refractivity (Wildman–Crippen MR) is 49.5 cm³/mol.